The molecule has 4 heteroatoms. The van der Waals surface area contributed by atoms with Crippen molar-refractivity contribution < 1.29 is 4.79 Å². The van der Waals surface area contributed by atoms with Crippen molar-refractivity contribution in [2.24, 2.45) is 0 Å². The molecule has 0 bridgehead atoms. The van der Waals surface area contributed by atoms with Crippen molar-refractivity contribution in [3.63, 3.8) is 0 Å². The van der Waals surface area contributed by atoms with Crippen LogP contribution < -0.4 is 5.32 Å². The van der Waals surface area contributed by atoms with E-state index in [-0.39, 0.29) is 5.91 Å². The number of aryl methyl sites for hydroxylation is 3. The largest absolute Gasteiger partial charge is 0.298 e. The van der Waals surface area contributed by atoms with Gasteiger partial charge in [0.1, 0.15) is 0 Å². The van der Waals surface area contributed by atoms with E-state index in [0.717, 1.165) is 22.2 Å². The van der Waals surface area contributed by atoms with Gasteiger partial charge in [0.25, 0.3) is 5.91 Å². The van der Waals surface area contributed by atoms with Gasteiger partial charge < -0.3 is 0 Å². The number of benzene rings is 2. The van der Waals surface area contributed by atoms with Gasteiger partial charge in [-0.25, -0.2) is 4.98 Å². The third kappa shape index (κ3) is 2.74. The van der Waals surface area contributed by atoms with E-state index in [9.17, 15) is 4.79 Å². The van der Waals surface area contributed by atoms with Gasteiger partial charge >= 0.3 is 0 Å². The van der Waals surface area contributed by atoms with Gasteiger partial charge in [-0.15, -0.1) is 0 Å². The fourth-order valence-electron chi connectivity index (χ4n) is 2.37. The molecular weight excluding hydrogens is 292 g/mol. The van der Waals surface area contributed by atoms with Gasteiger partial charge in [-0.1, -0.05) is 42.5 Å². The zero-order valence-electron chi connectivity index (χ0n) is 12.9. The first kappa shape index (κ1) is 14.7. The Morgan fingerprint density at radius 2 is 1.77 bits per heavy atom. The monoisotopic (exact) mass is 310 g/mol. The maximum atomic E-state index is 12.3. The van der Waals surface area contributed by atoms with Gasteiger partial charge in [0.05, 0.1) is 10.2 Å². The standard InChI is InChI=1S/C18H18N2OS/c1-4-13-7-9-14(10-8-13)17(21)20-18-19-15-11(2)5-6-12(3)16(15)22-18/h5-10H,4H2,1-3H3,(H,19,20,21). The highest BCUT2D eigenvalue weighted by atomic mass is 32.1. The molecule has 0 spiro atoms. The molecule has 0 fully saturated rings. The number of thiazole rings is 1. The van der Waals surface area contributed by atoms with Crippen molar-refractivity contribution in [3.05, 3.63) is 58.7 Å². The van der Waals surface area contributed by atoms with Gasteiger partial charge in [0, 0.05) is 5.56 Å². The molecule has 22 heavy (non-hydrogen) atoms. The van der Waals surface area contributed by atoms with Gasteiger partial charge in [-0.3, -0.25) is 10.1 Å². The fourth-order valence-corrected chi connectivity index (χ4v) is 3.38. The Balaban J connectivity index is 1.87. The molecule has 0 unspecified atom stereocenters. The number of carbonyl (C=O) groups excluding carboxylic acids is 1. The molecule has 1 aromatic heterocycles. The zero-order valence-corrected chi connectivity index (χ0v) is 13.8. The van der Waals surface area contributed by atoms with Crippen molar-refractivity contribution in [2.45, 2.75) is 27.2 Å². The number of fused-ring (bicyclic) bond motifs is 1. The Morgan fingerprint density at radius 1 is 1.09 bits per heavy atom. The molecule has 0 aliphatic heterocycles. The lowest BCUT2D eigenvalue weighted by molar-refractivity contribution is 0.102. The number of aromatic nitrogens is 1. The van der Waals surface area contributed by atoms with E-state index in [1.807, 2.05) is 31.2 Å². The Labute approximate surface area is 134 Å². The molecule has 3 rings (SSSR count). The highest BCUT2D eigenvalue weighted by Gasteiger charge is 2.12. The lowest BCUT2D eigenvalue weighted by Crippen LogP contribution is -2.11. The molecule has 0 saturated heterocycles. The molecule has 0 atom stereocenters. The maximum absolute atomic E-state index is 12.3. The summed E-state index contributed by atoms with van der Waals surface area (Å²) < 4.78 is 1.14. The van der Waals surface area contributed by atoms with Crippen LogP contribution in [0.1, 0.15) is 34.0 Å². The van der Waals surface area contributed by atoms with E-state index in [4.69, 9.17) is 0 Å². The van der Waals surface area contributed by atoms with Crippen LogP contribution in [0.25, 0.3) is 10.2 Å². The van der Waals surface area contributed by atoms with Crippen LogP contribution in [-0.2, 0) is 6.42 Å². The Hall–Kier alpha value is -2.20. The minimum atomic E-state index is -0.114. The van der Waals surface area contributed by atoms with Crippen LogP contribution in [0.15, 0.2) is 36.4 Å². The number of carbonyl (C=O) groups is 1. The lowest BCUT2D eigenvalue weighted by Gasteiger charge is -2.02. The van der Waals surface area contributed by atoms with Crippen molar-refractivity contribution in [1.29, 1.82) is 0 Å². The quantitative estimate of drug-likeness (QED) is 0.760. The second kappa shape index (κ2) is 5.89. The molecule has 1 N–H and O–H groups in total. The van der Waals surface area contributed by atoms with E-state index < -0.39 is 0 Å². The molecule has 0 aliphatic rings. The lowest BCUT2D eigenvalue weighted by atomic mass is 10.1. The normalized spacial score (nSPS) is 10.9. The second-order valence-electron chi connectivity index (χ2n) is 5.40. The Morgan fingerprint density at radius 3 is 2.41 bits per heavy atom. The number of amides is 1. The van der Waals surface area contributed by atoms with Crippen LogP contribution in [0.3, 0.4) is 0 Å². The summed E-state index contributed by atoms with van der Waals surface area (Å²) >= 11 is 1.53. The minimum Gasteiger partial charge on any atom is -0.298 e. The van der Waals surface area contributed by atoms with Crippen molar-refractivity contribution >= 4 is 32.6 Å². The smallest absolute Gasteiger partial charge is 0.257 e. The predicted molar refractivity (Wildman–Crippen MR) is 92.9 cm³/mol. The summed E-state index contributed by atoms with van der Waals surface area (Å²) in [7, 11) is 0. The van der Waals surface area contributed by atoms with Crippen LogP contribution in [0, 0.1) is 13.8 Å². The summed E-state index contributed by atoms with van der Waals surface area (Å²) in [6.07, 6.45) is 0.971. The minimum absolute atomic E-state index is 0.114. The van der Waals surface area contributed by atoms with Crippen LogP contribution in [0.5, 0.6) is 0 Å². The fraction of sp³-hybridized carbons (Fsp3) is 0.222. The Kier molecular flexibility index (Phi) is 3.94. The highest BCUT2D eigenvalue weighted by molar-refractivity contribution is 7.22. The van der Waals surface area contributed by atoms with Crippen molar-refractivity contribution in [1.82, 2.24) is 4.98 Å². The van der Waals surface area contributed by atoms with E-state index >= 15 is 0 Å². The van der Waals surface area contributed by atoms with E-state index in [1.165, 1.54) is 22.5 Å². The summed E-state index contributed by atoms with van der Waals surface area (Å²) in [4.78, 5) is 16.9. The molecule has 0 radical (unpaired) electrons. The molecule has 2 aromatic carbocycles. The first-order valence-corrected chi connectivity index (χ1v) is 8.17. The number of nitrogens with zero attached hydrogens (tertiary/aromatic N) is 1. The second-order valence-corrected chi connectivity index (χ2v) is 6.40. The molecule has 1 amide bonds. The Bertz CT molecular complexity index is 795. The van der Waals surface area contributed by atoms with Crippen LogP contribution in [0.4, 0.5) is 5.13 Å². The molecular formula is C18H18N2OS. The summed E-state index contributed by atoms with van der Waals surface area (Å²) in [5.74, 6) is -0.114. The van der Waals surface area contributed by atoms with E-state index in [0.29, 0.717) is 10.7 Å². The summed E-state index contributed by atoms with van der Waals surface area (Å²) in [6.45, 7) is 6.20. The van der Waals surface area contributed by atoms with E-state index in [1.54, 1.807) is 0 Å². The third-order valence-electron chi connectivity index (χ3n) is 3.79. The molecule has 0 saturated carbocycles. The summed E-state index contributed by atoms with van der Waals surface area (Å²) in [5.41, 5.74) is 5.17. The molecule has 0 aliphatic carbocycles. The number of hydrogen-bond donors (Lipinski definition) is 1. The zero-order chi connectivity index (χ0) is 15.7. The average Bonchev–Trinajstić information content (AvgIpc) is 2.96. The van der Waals surface area contributed by atoms with Gasteiger partial charge in [-0.05, 0) is 49.1 Å². The first-order valence-electron chi connectivity index (χ1n) is 7.35. The maximum Gasteiger partial charge on any atom is 0.257 e. The van der Waals surface area contributed by atoms with Gasteiger partial charge in [-0.2, -0.15) is 0 Å². The third-order valence-corrected chi connectivity index (χ3v) is 4.89. The van der Waals surface area contributed by atoms with Crippen LogP contribution in [0.2, 0.25) is 0 Å². The van der Waals surface area contributed by atoms with Crippen molar-refractivity contribution in [3.8, 4) is 0 Å². The molecule has 1 heterocycles. The van der Waals surface area contributed by atoms with Crippen molar-refractivity contribution in [2.75, 3.05) is 5.32 Å². The molecule has 112 valence electrons. The van der Waals surface area contributed by atoms with Crippen LogP contribution in [-0.4, -0.2) is 10.9 Å². The molecule has 3 aromatic rings. The number of rotatable bonds is 3. The summed E-state index contributed by atoms with van der Waals surface area (Å²) in [5, 5.41) is 3.56. The first-order chi connectivity index (χ1) is 10.6. The number of anilines is 1. The number of hydrogen-bond acceptors (Lipinski definition) is 3. The summed E-state index contributed by atoms with van der Waals surface area (Å²) in [6, 6.07) is 11.8. The van der Waals surface area contributed by atoms with Crippen LogP contribution >= 0.6 is 11.3 Å². The van der Waals surface area contributed by atoms with Gasteiger partial charge in [0.15, 0.2) is 5.13 Å². The predicted octanol–water partition coefficient (Wildman–Crippen LogP) is 4.73. The topological polar surface area (TPSA) is 42.0 Å². The molecule has 3 nitrogen and oxygen atoms in total. The SMILES string of the molecule is CCc1ccc(C(=O)Nc2nc3c(C)ccc(C)c3s2)cc1. The average molecular weight is 310 g/mol. The van der Waals surface area contributed by atoms with Gasteiger partial charge in [0.2, 0.25) is 0 Å². The van der Waals surface area contributed by atoms with E-state index in [2.05, 4.69) is 36.3 Å². The number of nitrogens with one attached hydrogen (secondary N) is 1. The highest BCUT2D eigenvalue weighted by Crippen LogP contribution is 2.31.